The lowest BCUT2D eigenvalue weighted by atomic mass is 10.1. The molecule has 1 unspecified atom stereocenters. The SMILES string of the molecule is COC(CNS(=O)(=O)c1ccc(F)cc1C)c1ccccc1Cl. The van der Waals surface area contributed by atoms with E-state index >= 15 is 0 Å². The summed E-state index contributed by atoms with van der Waals surface area (Å²) in [6.07, 6.45) is -0.528. The number of nitrogens with one attached hydrogen (secondary N) is 1. The molecule has 0 amide bonds. The Morgan fingerprint density at radius 2 is 1.96 bits per heavy atom. The van der Waals surface area contributed by atoms with Crippen LogP contribution in [-0.4, -0.2) is 22.1 Å². The van der Waals surface area contributed by atoms with E-state index in [4.69, 9.17) is 16.3 Å². The summed E-state index contributed by atoms with van der Waals surface area (Å²) in [5.74, 6) is -0.479. The van der Waals surface area contributed by atoms with Gasteiger partial charge in [0.05, 0.1) is 11.0 Å². The zero-order valence-corrected chi connectivity index (χ0v) is 14.3. The van der Waals surface area contributed by atoms with E-state index in [0.717, 1.165) is 6.07 Å². The number of hydrogen-bond acceptors (Lipinski definition) is 3. The number of hydrogen-bond donors (Lipinski definition) is 1. The second-order valence-electron chi connectivity index (χ2n) is 5.01. The average Bonchev–Trinajstić information content (AvgIpc) is 2.49. The standard InChI is InChI=1S/C16H17ClFNO3S/c1-11-9-12(18)7-8-16(11)23(20,21)19-10-15(22-2)13-5-3-4-6-14(13)17/h3-9,15,19H,10H2,1-2H3. The Morgan fingerprint density at radius 3 is 2.57 bits per heavy atom. The van der Waals surface area contributed by atoms with Crippen molar-refractivity contribution in [2.24, 2.45) is 0 Å². The van der Waals surface area contributed by atoms with Crippen molar-refractivity contribution in [3.8, 4) is 0 Å². The monoisotopic (exact) mass is 357 g/mol. The molecule has 0 saturated heterocycles. The molecule has 0 fully saturated rings. The van der Waals surface area contributed by atoms with Crippen molar-refractivity contribution in [1.82, 2.24) is 4.72 Å². The van der Waals surface area contributed by atoms with Crippen LogP contribution in [0.15, 0.2) is 47.4 Å². The van der Waals surface area contributed by atoms with Gasteiger partial charge in [-0.05, 0) is 36.8 Å². The van der Waals surface area contributed by atoms with Crippen molar-refractivity contribution in [3.05, 3.63) is 64.4 Å². The maximum absolute atomic E-state index is 13.1. The van der Waals surface area contributed by atoms with Crippen molar-refractivity contribution >= 4 is 21.6 Å². The summed E-state index contributed by atoms with van der Waals surface area (Å²) in [5.41, 5.74) is 1.03. The Bertz CT molecular complexity index is 796. The normalized spacial score (nSPS) is 13.0. The Hall–Kier alpha value is -1.47. The fraction of sp³-hybridized carbons (Fsp3) is 0.250. The molecule has 4 nitrogen and oxygen atoms in total. The van der Waals surface area contributed by atoms with Crippen LogP contribution in [0.4, 0.5) is 4.39 Å². The first-order valence-corrected chi connectivity index (χ1v) is 8.74. The van der Waals surface area contributed by atoms with E-state index in [2.05, 4.69) is 4.72 Å². The van der Waals surface area contributed by atoms with Crippen LogP contribution in [0, 0.1) is 12.7 Å². The highest BCUT2D eigenvalue weighted by atomic mass is 35.5. The number of aryl methyl sites for hydroxylation is 1. The zero-order chi connectivity index (χ0) is 17.0. The maximum atomic E-state index is 13.1. The van der Waals surface area contributed by atoms with Crippen molar-refractivity contribution in [2.75, 3.05) is 13.7 Å². The molecule has 0 bridgehead atoms. The summed E-state index contributed by atoms with van der Waals surface area (Å²) in [6.45, 7) is 1.55. The summed E-state index contributed by atoms with van der Waals surface area (Å²) >= 11 is 6.11. The van der Waals surface area contributed by atoms with Crippen LogP contribution in [0.25, 0.3) is 0 Å². The Kier molecular flexibility index (Phi) is 5.75. The van der Waals surface area contributed by atoms with Gasteiger partial charge in [-0.1, -0.05) is 29.8 Å². The van der Waals surface area contributed by atoms with Gasteiger partial charge in [-0.2, -0.15) is 0 Å². The van der Waals surface area contributed by atoms with Gasteiger partial charge < -0.3 is 4.74 Å². The molecule has 2 aromatic rings. The molecule has 7 heteroatoms. The van der Waals surface area contributed by atoms with Gasteiger partial charge in [-0.3, -0.25) is 0 Å². The van der Waals surface area contributed by atoms with Gasteiger partial charge in [0.1, 0.15) is 5.82 Å². The first-order valence-electron chi connectivity index (χ1n) is 6.88. The van der Waals surface area contributed by atoms with Gasteiger partial charge in [0.15, 0.2) is 0 Å². The lowest BCUT2D eigenvalue weighted by molar-refractivity contribution is 0.107. The molecule has 0 spiro atoms. The van der Waals surface area contributed by atoms with Crippen LogP contribution >= 0.6 is 11.6 Å². The smallest absolute Gasteiger partial charge is 0.240 e. The van der Waals surface area contributed by atoms with Gasteiger partial charge in [0.2, 0.25) is 10.0 Å². The van der Waals surface area contributed by atoms with Gasteiger partial charge in [-0.15, -0.1) is 0 Å². The van der Waals surface area contributed by atoms with Gasteiger partial charge in [0.25, 0.3) is 0 Å². The number of methoxy groups -OCH3 is 1. The molecule has 0 heterocycles. The van der Waals surface area contributed by atoms with Crippen LogP contribution in [-0.2, 0) is 14.8 Å². The molecule has 2 aromatic carbocycles. The molecule has 0 radical (unpaired) electrons. The maximum Gasteiger partial charge on any atom is 0.240 e. The van der Waals surface area contributed by atoms with E-state index < -0.39 is 21.9 Å². The van der Waals surface area contributed by atoms with Crippen molar-refractivity contribution in [3.63, 3.8) is 0 Å². The predicted molar refractivity (Wildman–Crippen MR) is 87.5 cm³/mol. The van der Waals surface area contributed by atoms with E-state index in [1.54, 1.807) is 31.2 Å². The van der Waals surface area contributed by atoms with Gasteiger partial charge in [0, 0.05) is 24.2 Å². The second kappa shape index (κ2) is 7.40. The van der Waals surface area contributed by atoms with E-state index in [9.17, 15) is 12.8 Å². The summed E-state index contributed by atoms with van der Waals surface area (Å²) in [7, 11) is -2.30. The molecule has 0 aliphatic rings. The second-order valence-corrected chi connectivity index (χ2v) is 7.15. The minimum absolute atomic E-state index is 0.0133. The molecule has 1 N–H and O–H groups in total. The zero-order valence-electron chi connectivity index (χ0n) is 12.7. The molecule has 0 aliphatic heterocycles. The predicted octanol–water partition coefficient (Wildman–Crippen LogP) is 3.45. The minimum atomic E-state index is -3.77. The highest BCUT2D eigenvalue weighted by Crippen LogP contribution is 2.25. The van der Waals surface area contributed by atoms with Crippen LogP contribution < -0.4 is 4.72 Å². The molecule has 1 atom stereocenters. The molecule has 23 heavy (non-hydrogen) atoms. The molecule has 0 aromatic heterocycles. The highest BCUT2D eigenvalue weighted by Gasteiger charge is 2.21. The molecule has 124 valence electrons. The average molecular weight is 358 g/mol. The Balaban J connectivity index is 2.19. The third kappa shape index (κ3) is 4.29. The summed E-state index contributed by atoms with van der Waals surface area (Å²) in [5, 5.41) is 0.497. The first kappa shape index (κ1) is 17.9. The van der Waals surface area contributed by atoms with Crippen LogP contribution in [0.1, 0.15) is 17.2 Å². The topological polar surface area (TPSA) is 55.4 Å². The minimum Gasteiger partial charge on any atom is -0.375 e. The van der Waals surface area contributed by atoms with Crippen molar-refractivity contribution in [2.45, 2.75) is 17.9 Å². The number of ether oxygens (including phenoxy) is 1. The van der Waals surface area contributed by atoms with E-state index in [1.165, 1.54) is 19.2 Å². The number of halogens is 2. The summed E-state index contributed by atoms with van der Waals surface area (Å²) in [6, 6.07) is 10.6. The molecule has 0 aliphatic carbocycles. The lowest BCUT2D eigenvalue weighted by Gasteiger charge is -2.18. The van der Waals surface area contributed by atoms with Crippen molar-refractivity contribution in [1.29, 1.82) is 0 Å². The first-order chi connectivity index (χ1) is 10.8. The third-order valence-corrected chi connectivity index (χ3v) is 5.35. The third-order valence-electron chi connectivity index (χ3n) is 3.42. The van der Waals surface area contributed by atoms with Crippen LogP contribution in [0.2, 0.25) is 5.02 Å². The molecule has 0 saturated carbocycles. The van der Waals surface area contributed by atoms with Crippen LogP contribution in [0.5, 0.6) is 0 Å². The lowest BCUT2D eigenvalue weighted by Crippen LogP contribution is -2.30. The van der Waals surface area contributed by atoms with Crippen molar-refractivity contribution < 1.29 is 17.5 Å². The van der Waals surface area contributed by atoms with E-state index in [-0.39, 0.29) is 11.4 Å². The van der Waals surface area contributed by atoms with Gasteiger partial charge >= 0.3 is 0 Å². The fourth-order valence-corrected chi connectivity index (χ4v) is 3.75. The number of sulfonamides is 1. The summed E-state index contributed by atoms with van der Waals surface area (Å²) < 4.78 is 45.7. The molecule has 2 rings (SSSR count). The number of benzene rings is 2. The molecular formula is C16H17ClFNO3S. The number of rotatable bonds is 6. The Morgan fingerprint density at radius 1 is 1.26 bits per heavy atom. The Labute approximate surface area is 140 Å². The van der Waals surface area contributed by atoms with E-state index in [0.29, 0.717) is 16.1 Å². The molecular weight excluding hydrogens is 341 g/mol. The fourth-order valence-electron chi connectivity index (χ4n) is 2.23. The van der Waals surface area contributed by atoms with Crippen LogP contribution in [0.3, 0.4) is 0 Å². The van der Waals surface area contributed by atoms with E-state index in [1.807, 2.05) is 0 Å². The highest BCUT2D eigenvalue weighted by molar-refractivity contribution is 7.89. The quantitative estimate of drug-likeness (QED) is 0.861. The largest absolute Gasteiger partial charge is 0.375 e. The summed E-state index contributed by atoms with van der Waals surface area (Å²) in [4.78, 5) is 0.0351. The van der Waals surface area contributed by atoms with Gasteiger partial charge in [-0.25, -0.2) is 17.5 Å².